The van der Waals surface area contributed by atoms with Gasteiger partial charge >= 0.3 is 0 Å². The maximum atomic E-state index is 13.3. The Morgan fingerprint density at radius 2 is 1.77 bits per heavy atom. The Morgan fingerprint density at radius 3 is 2.35 bits per heavy atom. The van der Waals surface area contributed by atoms with E-state index >= 15 is 0 Å². The van der Waals surface area contributed by atoms with Crippen molar-refractivity contribution in [3.63, 3.8) is 0 Å². The number of nitrogens with one attached hydrogen (secondary N) is 1. The molecule has 6 heteroatoms. The Bertz CT molecular complexity index is 852. The highest BCUT2D eigenvalue weighted by molar-refractivity contribution is 6.31. The van der Waals surface area contributed by atoms with Crippen LogP contribution in [0.2, 0.25) is 5.02 Å². The van der Waals surface area contributed by atoms with E-state index in [1.165, 1.54) is 0 Å². The molecule has 168 valence electrons. The zero-order valence-electron chi connectivity index (χ0n) is 18.9. The van der Waals surface area contributed by atoms with Gasteiger partial charge in [0.1, 0.15) is 11.8 Å². The smallest absolute Gasteiger partial charge is 0.242 e. The molecule has 0 aromatic heterocycles. The molecule has 0 aliphatic rings. The minimum absolute atomic E-state index is 0.0673. The molecule has 5 nitrogen and oxygen atoms in total. The second kappa shape index (κ2) is 12.4. The van der Waals surface area contributed by atoms with E-state index in [1.807, 2.05) is 69.3 Å². The summed E-state index contributed by atoms with van der Waals surface area (Å²) >= 11 is 6.26. The quantitative estimate of drug-likeness (QED) is 0.538. The molecule has 2 aromatic rings. The zero-order chi connectivity index (χ0) is 22.8. The topological polar surface area (TPSA) is 58.6 Å². The SMILES string of the molecule is CC[C@H](C(=O)NCC(C)C)N(Cc1ccc(OC)cc1)C(=O)CCc1ccccc1Cl. The summed E-state index contributed by atoms with van der Waals surface area (Å²) in [5.74, 6) is 0.910. The lowest BCUT2D eigenvalue weighted by Gasteiger charge is -2.31. The fourth-order valence-electron chi connectivity index (χ4n) is 3.36. The summed E-state index contributed by atoms with van der Waals surface area (Å²) in [6, 6.07) is 14.6. The van der Waals surface area contributed by atoms with Crippen LogP contribution in [0.15, 0.2) is 48.5 Å². The Balaban J connectivity index is 2.20. The predicted octanol–water partition coefficient (Wildman–Crippen LogP) is 4.86. The fraction of sp³-hybridized carbons (Fsp3) is 0.440. The first kappa shape index (κ1) is 24.7. The van der Waals surface area contributed by atoms with Crippen LogP contribution in [0.4, 0.5) is 0 Å². The highest BCUT2D eigenvalue weighted by Gasteiger charge is 2.28. The minimum Gasteiger partial charge on any atom is -0.497 e. The lowest BCUT2D eigenvalue weighted by molar-refractivity contribution is -0.141. The lowest BCUT2D eigenvalue weighted by atomic mass is 10.1. The van der Waals surface area contributed by atoms with Crippen molar-refractivity contribution < 1.29 is 14.3 Å². The summed E-state index contributed by atoms with van der Waals surface area (Å²) in [7, 11) is 1.62. The molecule has 2 rings (SSSR count). The van der Waals surface area contributed by atoms with Crippen LogP contribution in [0.1, 0.15) is 44.7 Å². The number of ether oxygens (including phenoxy) is 1. The number of amides is 2. The van der Waals surface area contributed by atoms with Crippen molar-refractivity contribution >= 4 is 23.4 Å². The van der Waals surface area contributed by atoms with Crippen LogP contribution in [-0.4, -0.2) is 36.4 Å². The van der Waals surface area contributed by atoms with Gasteiger partial charge in [0.25, 0.3) is 0 Å². The van der Waals surface area contributed by atoms with Gasteiger partial charge in [-0.3, -0.25) is 9.59 Å². The molecule has 31 heavy (non-hydrogen) atoms. The van der Waals surface area contributed by atoms with Crippen LogP contribution < -0.4 is 10.1 Å². The van der Waals surface area contributed by atoms with Crippen LogP contribution >= 0.6 is 11.6 Å². The van der Waals surface area contributed by atoms with Gasteiger partial charge in [-0.15, -0.1) is 0 Å². The number of carbonyl (C=O) groups excluding carboxylic acids is 2. The third kappa shape index (κ3) is 7.59. The maximum Gasteiger partial charge on any atom is 0.242 e. The minimum atomic E-state index is -0.528. The monoisotopic (exact) mass is 444 g/mol. The van der Waals surface area contributed by atoms with Gasteiger partial charge in [0.05, 0.1) is 7.11 Å². The maximum absolute atomic E-state index is 13.3. The molecule has 0 radical (unpaired) electrons. The number of hydrogen-bond acceptors (Lipinski definition) is 3. The first-order valence-electron chi connectivity index (χ1n) is 10.8. The zero-order valence-corrected chi connectivity index (χ0v) is 19.6. The van der Waals surface area contributed by atoms with E-state index in [9.17, 15) is 9.59 Å². The Hall–Kier alpha value is -2.53. The molecular formula is C25H33ClN2O3. The first-order chi connectivity index (χ1) is 14.8. The van der Waals surface area contributed by atoms with E-state index in [1.54, 1.807) is 12.0 Å². The predicted molar refractivity (Wildman–Crippen MR) is 125 cm³/mol. The van der Waals surface area contributed by atoms with Gasteiger partial charge in [-0.05, 0) is 48.1 Å². The highest BCUT2D eigenvalue weighted by atomic mass is 35.5. The number of halogens is 1. The van der Waals surface area contributed by atoms with Gasteiger partial charge in [-0.2, -0.15) is 0 Å². The van der Waals surface area contributed by atoms with Crippen molar-refractivity contribution in [1.82, 2.24) is 10.2 Å². The molecule has 1 N–H and O–H groups in total. The lowest BCUT2D eigenvalue weighted by Crippen LogP contribution is -2.49. The van der Waals surface area contributed by atoms with Gasteiger partial charge in [0, 0.05) is 24.5 Å². The molecule has 0 saturated carbocycles. The number of benzene rings is 2. The second-order valence-corrected chi connectivity index (χ2v) is 8.43. The molecule has 2 aromatic carbocycles. The number of aryl methyl sites for hydroxylation is 1. The van der Waals surface area contributed by atoms with Crippen LogP contribution in [0.25, 0.3) is 0 Å². The van der Waals surface area contributed by atoms with Gasteiger partial charge in [-0.1, -0.05) is 62.7 Å². The third-order valence-corrected chi connectivity index (χ3v) is 5.52. The molecule has 0 aliphatic heterocycles. The van der Waals surface area contributed by atoms with Crippen LogP contribution in [0.5, 0.6) is 5.75 Å². The summed E-state index contributed by atoms with van der Waals surface area (Å²) in [5, 5.41) is 3.63. The van der Waals surface area contributed by atoms with Gasteiger partial charge < -0.3 is 15.0 Å². The molecule has 0 fully saturated rings. The number of carbonyl (C=O) groups is 2. The summed E-state index contributed by atoms with van der Waals surface area (Å²) in [5.41, 5.74) is 1.88. The van der Waals surface area contributed by atoms with E-state index < -0.39 is 6.04 Å². The van der Waals surface area contributed by atoms with E-state index in [-0.39, 0.29) is 18.2 Å². The number of nitrogens with zero attached hydrogens (tertiary/aromatic N) is 1. The molecule has 0 spiro atoms. The second-order valence-electron chi connectivity index (χ2n) is 8.02. The molecule has 0 bridgehead atoms. The van der Waals surface area contributed by atoms with Crippen molar-refractivity contribution in [2.75, 3.05) is 13.7 Å². The number of methoxy groups -OCH3 is 1. The normalized spacial score (nSPS) is 11.8. The van der Waals surface area contributed by atoms with Crippen molar-refractivity contribution in [2.45, 2.75) is 52.6 Å². The third-order valence-electron chi connectivity index (χ3n) is 5.15. The van der Waals surface area contributed by atoms with E-state index in [4.69, 9.17) is 16.3 Å². The van der Waals surface area contributed by atoms with Crippen molar-refractivity contribution in [1.29, 1.82) is 0 Å². The fourth-order valence-corrected chi connectivity index (χ4v) is 3.59. The first-order valence-corrected chi connectivity index (χ1v) is 11.2. The average molecular weight is 445 g/mol. The van der Waals surface area contributed by atoms with Crippen molar-refractivity contribution in [2.24, 2.45) is 5.92 Å². The molecule has 0 aliphatic carbocycles. The highest BCUT2D eigenvalue weighted by Crippen LogP contribution is 2.20. The molecular weight excluding hydrogens is 412 g/mol. The van der Waals surface area contributed by atoms with E-state index in [2.05, 4.69) is 5.32 Å². The molecule has 0 heterocycles. The Labute approximate surface area is 190 Å². The van der Waals surface area contributed by atoms with Gasteiger partial charge in [-0.25, -0.2) is 0 Å². The summed E-state index contributed by atoms with van der Waals surface area (Å²) in [4.78, 5) is 27.9. The van der Waals surface area contributed by atoms with Crippen LogP contribution in [0, 0.1) is 5.92 Å². The average Bonchev–Trinajstić information content (AvgIpc) is 2.77. The summed E-state index contributed by atoms with van der Waals surface area (Å²) in [6.45, 7) is 6.97. The van der Waals surface area contributed by atoms with Crippen molar-refractivity contribution in [3.8, 4) is 5.75 Å². The molecule has 2 amide bonds. The summed E-state index contributed by atoms with van der Waals surface area (Å²) in [6.07, 6.45) is 1.35. The molecule has 0 saturated heterocycles. The van der Waals surface area contributed by atoms with Gasteiger partial charge in [0.2, 0.25) is 11.8 Å². The van der Waals surface area contributed by atoms with E-state index in [0.717, 1.165) is 16.9 Å². The summed E-state index contributed by atoms with van der Waals surface area (Å²) < 4.78 is 5.22. The van der Waals surface area contributed by atoms with E-state index in [0.29, 0.717) is 36.9 Å². The molecule has 1 atom stereocenters. The number of rotatable bonds is 11. The standard InChI is InChI=1S/C25H33ClN2O3/c1-5-23(25(30)27-16-18(2)3)28(17-19-10-13-21(31-4)14-11-19)24(29)15-12-20-8-6-7-9-22(20)26/h6-11,13-14,18,23H,5,12,15-17H2,1-4H3,(H,27,30)/t23-/m1/s1. The van der Waals surface area contributed by atoms with Crippen LogP contribution in [0.3, 0.4) is 0 Å². The Morgan fingerprint density at radius 1 is 1.10 bits per heavy atom. The van der Waals surface area contributed by atoms with Gasteiger partial charge in [0.15, 0.2) is 0 Å². The Kier molecular flexibility index (Phi) is 9.86. The molecule has 0 unspecified atom stereocenters. The van der Waals surface area contributed by atoms with Crippen LogP contribution in [-0.2, 0) is 22.6 Å². The largest absolute Gasteiger partial charge is 0.497 e. The van der Waals surface area contributed by atoms with Crippen molar-refractivity contribution in [3.05, 3.63) is 64.7 Å². The number of hydrogen-bond donors (Lipinski definition) is 1.